The third-order valence-corrected chi connectivity index (χ3v) is 5.74. The molecular formula is C22H24F3N3O3. The first-order chi connectivity index (χ1) is 14.4. The number of halogens is 3. The van der Waals surface area contributed by atoms with Gasteiger partial charge in [0.05, 0.1) is 19.1 Å². The number of aliphatic hydroxyl groups excluding tert-OH is 1. The molecule has 0 saturated heterocycles. The van der Waals surface area contributed by atoms with Crippen molar-refractivity contribution < 1.29 is 27.8 Å². The molecule has 0 bridgehead atoms. The van der Waals surface area contributed by atoms with E-state index in [0.29, 0.717) is 16.7 Å². The average molecular weight is 435 g/mol. The molecule has 6 nitrogen and oxygen atoms in total. The van der Waals surface area contributed by atoms with Crippen molar-refractivity contribution in [3.8, 4) is 0 Å². The third kappa shape index (κ3) is 3.89. The molecule has 3 aromatic rings. The second kappa shape index (κ2) is 7.96. The van der Waals surface area contributed by atoms with Crippen LogP contribution in [-0.2, 0) is 22.3 Å². The number of carbonyl (C=O) groups is 1. The van der Waals surface area contributed by atoms with Gasteiger partial charge < -0.3 is 9.84 Å². The molecule has 1 unspecified atom stereocenters. The van der Waals surface area contributed by atoms with Crippen molar-refractivity contribution >= 4 is 11.6 Å². The van der Waals surface area contributed by atoms with Gasteiger partial charge in [0, 0.05) is 12.1 Å². The molecule has 0 aliphatic carbocycles. The van der Waals surface area contributed by atoms with Crippen molar-refractivity contribution in [2.75, 3.05) is 7.11 Å². The largest absolute Gasteiger partial charge is 0.469 e. The van der Waals surface area contributed by atoms with Crippen LogP contribution in [0.15, 0.2) is 30.5 Å². The number of esters is 1. The van der Waals surface area contributed by atoms with E-state index in [0.717, 1.165) is 15.5 Å². The van der Waals surface area contributed by atoms with Gasteiger partial charge in [-0.05, 0) is 61.6 Å². The SMILES string of the molecule is COC(=O)C(C)(C)C(c1ccc(C)c(CO)c1)c1ccn2c(C(F)(F)F)nnc2c1C. The number of methoxy groups -OCH3 is 1. The minimum atomic E-state index is -4.65. The van der Waals surface area contributed by atoms with Crippen LogP contribution in [-0.4, -0.2) is 32.8 Å². The van der Waals surface area contributed by atoms with Gasteiger partial charge in [0.25, 0.3) is 0 Å². The fourth-order valence-electron chi connectivity index (χ4n) is 4.01. The Morgan fingerprint density at radius 2 is 1.87 bits per heavy atom. The van der Waals surface area contributed by atoms with Crippen LogP contribution in [0.3, 0.4) is 0 Å². The van der Waals surface area contributed by atoms with Crippen LogP contribution in [0.4, 0.5) is 13.2 Å². The summed E-state index contributed by atoms with van der Waals surface area (Å²) in [5.74, 6) is -2.15. The highest BCUT2D eigenvalue weighted by Gasteiger charge is 2.42. The van der Waals surface area contributed by atoms with Gasteiger partial charge in [-0.2, -0.15) is 13.2 Å². The highest BCUT2D eigenvalue weighted by atomic mass is 19.4. The maximum absolute atomic E-state index is 13.3. The minimum Gasteiger partial charge on any atom is -0.469 e. The van der Waals surface area contributed by atoms with Gasteiger partial charge in [-0.1, -0.05) is 18.2 Å². The lowest BCUT2D eigenvalue weighted by Gasteiger charge is -2.34. The normalized spacial score (nSPS) is 13.5. The number of carbonyl (C=O) groups excluding carboxylic acids is 1. The molecule has 2 aromatic heterocycles. The van der Waals surface area contributed by atoms with E-state index in [1.807, 2.05) is 19.1 Å². The fraction of sp³-hybridized carbons (Fsp3) is 0.409. The van der Waals surface area contributed by atoms with E-state index in [1.165, 1.54) is 13.3 Å². The molecule has 31 heavy (non-hydrogen) atoms. The Morgan fingerprint density at radius 3 is 2.45 bits per heavy atom. The van der Waals surface area contributed by atoms with Crippen molar-refractivity contribution in [3.05, 3.63) is 64.1 Å². The number of nitrogens with zero attached hydrogens (tertiary/aromatic N) is 3. The Hall–Kier alpha value is -2.94. The summed E-state index contributed by atoms with van der Waals surface area (Å²) in [5.41, 5.74) is 2.41. The first kappa shape index (κ1) is 22.7. The summed E-state index contributed by atoms with van der Waals surface area (Å²) in [7, 11) is 1.29. The van der Waals surface area contributed by atoms with Crippen molar-refractivity contribution in [3.63, 3.8) is 0 Å². The van der Waals surface area contributed by atoms with E-state index in [-0.39, 0.29) is 12.3 Å². The summed E-state index contributed by atoms with van der Waals surface area (Å²) in [6.45, 7) is 6.78. The molecule has 1 atom stereocenters. The summed E-state index contributed by atoms with van der Waals surface area (Å²) in [5, 5.41) is 16.8. The van der Waals surface area contributed by atoms with Gasteiger partial charge in [-0.15, -0.1) is 10.2 Å². The molecule has 9 heteroatoms. The number of ether oxygens (including phenoxy) is 1. The van der Waals surface area contributed by atoms with Gasteiger partial charge >= 0.3 is 12.1 Å². The highest BCUT2D eigenvalue weighted by Crippen LogP contribution is 2.44. The number of hydrogen-bond donors (Lipinski definition) is 1. The second-order valence-corrected chi connectivity index (χ2v) is 8.10. The Labute approximate surface area is 177 Å². The molecule has 0 spiro atoms. The van der Waals surface area contributed by atoms with Gasteiger partial charge in [-0.3, -0.25) is 9.20 Å². The second-order valence-electron chi connectivity index (χ2n) is 8.10. The highest BCUT2D eigenvalue weighted by molar-refractivity contribution is 5.78. The molecule has 0 aliphatic heterocycles. The molecule has 0 fully saturated rings. The molecular weight excluding hydrogens is 411 g/mol. The topological polar surface area (TPSA) is 76.7 Å². The van der Waals surface area contributed by atoms with E-state index < -0.39 is 29.3 Å². The minimum absolute atomic E-state index is 0.0602. The molecule has 0 radical (unpaired) electrons. The van der Waals surface area contributed by atoms with E-state index in [1.54, 1.807) is 32.9 Å². The van der Waals surface area contributed by atoms with Crippen LogP contribution in [0.25, 0.3) is 5.65 Å². The smallest absolute Gasteiger partial charge is 0.452 e. The average Bonchev–Trinajstić information content (AvgIpc) is 3.15. The first-order valence-electron chi connectivity index (χ1n) is 9.63. The van der Waals surface area contributed by atoms with Crippen molar-refractivity contribution in [2.24, 2.45) is 5.41 Å². The number of alkyl halides is 3. The number of aryl methyl sites for hydroxylation is 2. The van der Waals surface area contributed by atoms with Crippen LogP contribution in [0.2, 0.25) is 0 Å². The van der Waals surface area contributed by atoms with Gasteiger partial charge in [-0.25, -0.2) is 0 Å². The Balaban J connectivity index is 2.29. The van der Waals surface area contributed by atoms with E-state index in [4.69, 9.17) is 4.74 Å². The van der Waals surface area contributed by atoms with Crippen LogP contribution in [0.5, 0.6) is 0 Å². The summed E-state index contributed by atoms with van der Waals surface area (Å²) in [4.78, 5) is 12.7. The zero-order valence-electron chi connectivity index (χ0n) is 17.9. The lowest BCUT2D eigenvalue weighted by molar-refractivity contribution is -0.151. The zero-order chi connectivity index (χ0) is 23.1. The first-order valence-corrected chi connectivity index (χ1v) is 9.63. The van der Waals surface area contributed by atoms with Crippen molar-refractivity contribution in [2.45, 2.75) is 46.4 Å². The lowest BCUT2D eigenvalue weighted by Crippen LogP contribution is -2.34. The number of hydrogen-bond acceptors (Lipinski definition) is 5. The number of benzene rings is 1. The molecule has 166 valence electrons. The number of aromatic nitrogens is 3. The number of rotatable bonds is 5. The molecule has 1 aromatic carbocycles. The third-order valence-electron chi connectivity index (χ3n) is 5.74. The molecule has 0 saturated carbocycles. The van der Waals surface area contributed by atoms with Crippen LogP contribution >= 0.6 is 0 Å². The van der Waals surface area contributed by atoms with Crippen LogP contribution < -0.4 is 0 Å². The standard InChI is InChI=1S/C22H24F3N3O3/c1-12-6-7-14(10-15(12)11-29)17(21(3,4)20(30)31-5)16-8-9-28-18(13(16)2)26-27-19(28)22(23,24)25/h6-10,17,29H,11H2,1-5H3. The summed E-state index contributed by atoms with van der Waals surface area (Å²) in [6, 6.07) is 7.04. The quantitative estimate of drug-likeness (QED) is 0.609. The Bertz CT molecular complexity index is 1140. The summed E-state index contributed by atoms with van der Waals surface area (Å²) < 4.78 is 45.7. The van der Waals surface area contributed by atoms with Crippen molar-refractivity contribution in [1.82, 2.24) is 14.6 Å². The summed E-state index contributed by atoms with van der Waals surface area (Å²) in [6.07, 6.45) is -3.38. The predicted molar refractivity (Wildman–Crippen MR) is 107 cm³/mol. The van der Waals surface area contributed by atoms with Crippen LogP contribution in [0, 0.1) is 19.3 Å². The monoisotopic (exact) mass is 435 g/mol. The number of aliphatic hydroxyl groups is 1. The zero-order valence-corrected chi connectivity index (χ0v) is 17.9. The Morgan fingerprint density at radius 1 is 1.19 bits per heavy atom. The lowest BCUT2D eigenvalue weighted by atomic mass is 9.70. The van der Waals surface area contributed by atoms with Gasteiger partial charge in [0.2, 0.25) is 5.82 Å². The number of fused-ring (bicyclic) bond motifs is 1. The molecule has 3 rings (SSSR count). The molecule has 0 amide bonds. The summed E-state index contributed by atoms with van der Waals surface area (Å²) >= 11 is 0. The predicted octanol–water partition coefficient (Wildman–Crippen LogP) is 4.19. The van der Waals surface area contributed by atoms with E-state index in [9.17, 15) is 23.1 Å². The maximum Gasteiger partial charge on any atom is 0.452 e. The Kier molecular flexibility index (Phi) is 5.84. The van der Waals surface area contributed by atoms with Gasteiger partial charge in [0.1, 0.15) is 0 Å². The van der Waals surface area contributed by atoms with Crippen LogP contribution in [0.1, 0.15) is 53.4 Å². The maximum atomic E-state index is 13.3. The van der Waals surface area contributed by atoms with E-state index >= 15 is 0 Å². The van der Waals surface area contributed by atoms with Gasteiger partial charge in [0.15, 0.2) is 5.65 Å². The molecule has 0 aliphatic rings. The molecule has 2 heterocycles. The number of pyridine rings is 1. The van der Waals surface area contributed by atoms with Crippen molar-refractivity contribution in [1.29, 1.82) is 0 Å². The fourth-order valence-corrected chi connectivity index (χ4v) is 4.01. The molecule has 1 N–H and O–H groups in total. The van der Waals surface area contributed by atoms with E-state index in [2.05, 4.69) is 10.2 Å².